The largest absolute Gasteiger partial charge is 0.497 e. The molecule has 0 unspecified atom stereocenters. The summed E-state index contributed by atoms with van der Waals surface area (Å²) in [6.45, 7) is 0. The molecule has 1 aromatic carbocycles. The first-order valence-electron chi connectivity index (χ1n) is 8.32. The van der Waals surface area contributed by atoms with Crippen LogP contribution in [0.2, 0.25) is 0 Å². The number of carbonyl (C=O) groups is 1. The van der Waals surface area contributed by atoms with Gasteiger partial charge in [-0.25, -0.2) is 9.97 Å². The molecule has 0 radical (unpaired) electrons. The van der Waals surface area contributed by atoms with Gasteiger partial charge in [-0.3, -0.25) is 9.36 Å². The van der Waals surface area contributed by atoms with Gasteiger partial charge in [-0.1, -0.05) is 17.8 Å². The second-order valence-corrected chi connectivity index (χ2v) is 7.89. The molecule has 4 rings (SSSR count). The quantitative estimate of drug-likeness (QED) is 0.656. The number of thiazole rings is 1. The van der Waals surface area contributed by atoms with Gasteiger partial charge < -0.3 is 10.1 Å². The molecule has 3 aromatic rings. The number of rotatable bonds is 6. The molecule has 8 heteroatoms. The molecular weight excluding hydrogens is 368 g/mol. The van der Waals surface area contributed by atoms with Gasteiger partial charge in [0.2, 0.25) is 5.91 Å². The Labute approximate surface area is 159 Å². The van der Waals surface area contributed by atoms with Crippen molar-refractivity contribution in [1.29, 1.82) is 0 Å². The van der Waals surface area contributed by atoms with Crippen LogP contribution in [0.1, 0.15) is 17.0 Å². The topological polar surface area (TPSA) is 69.0 Å². The molecule has 6 nitrogen and oxygen atoms in total. The molecule has 134 valence electrons. The fraction of sp³-hybridized carbons (Fsp3) is 0.278. The SMILES string of the molecule is COc1cccc(-n2ccnc2SCC(=O)Nc2nc3c(s2)CCC3)c1. The summed E-state index contributed by atoms with van der Waals surface area (Å²) < 4.78 is 7.22. The number of fused-ring (bicyclic) bond motifs is 1. The van der Waals surface area contributed by atoms with Crippen LogP contribution >= 0.6 is 23.1 Å². The Morgan fingerprint density at radius 2 is 2.35 bits per heavy atom. The third-order valence-electron chi connectivity index (χ3n) is 4.11. The zero-order valence-corrected chi connectivity index (χ0v) is 15.9. The molecule has 0 saturated carbocycles. The average molecular weight is 387 g/mol. The molecule has 0 bridgehead atoms. The van der Waals surface area contributed by atoms with Gasteiger partial charge in [-0.15, -0.1) is 11.3 Å². The van der Waals surface area contributed by atoms with E-state index in [1.54, 1.807) is 24.6 Å². The van der Waals surface area contributed by atoms with Crippen LogP contribution in [-0.2, 0) is 17.6 Å². The fourth-order valence-electron chi connectivity index (χ4n) is 2.88. The van der Waals surface area contributed by atoms with Gasteiger partial charge in [0.15, 0.2) is 10.3 Å². The predicted octanol–water partition coefficient (Wildman–Crippen LogP) is 3.56. The van der Waals surface area contributed by atoms with Crippen molar-refractivity contribution in [2.75, 3.05) is 18.2 Å². The molecule has 0 saturated heterocycles. The van der Waals surface area contributed by atoms with E-state index < -0.39 is 0 Å². The highest BCUT2D eigenvalue weighted by molar-refractivity contribution is 7.99. The molecule has 0 atom stereocenters. The van der Waals surface area contributed by atoms with Crippen molar-refractivity contribution in [1.82, 2.24) is 14.5 Å². The number of anilines is 1. The van der Waals surface area contributed by atoms with Crippen LogP contribution in [0.3, 0.4) is 0 Å². The third kappa shape index (κ3) is 3.61. The molecule has 0 aliphatic heterocycles. The molecule has 2 heterocycles. The number of benzene rings is 1. The zero-order chi connectivity index (χ0) is 17.9. The first-order valence-corrected chi connectivity index (χ1v) is 10.1. The average Bonchev–Trinajstić information content (AvgIpc) is 3.36. The first-order chi connectivity index (χ1) is 12.7. The number of hydrogen-bond acceptors (Lipinski definition) is 6. The molecule has 26 heavy (non-hydrogen) atoms. The van der Waals surface area contributed by atoms with Crippen LogP contribution in [0.4, 0.5) is 5.13 Å². The molecule has 1 aliphatic rings. The van der Waals surface area contributed by atoms with E-state index in [-0.39, 0.29) is 11.7 Å². The number of aryl methyl sites for hydroxylation is 2. The summed E-state index contributed by atoms with van der Waals surface area (Å²) in [7, 11) is 1.64. The number of aromatic nitrogens is 3. The summed E-state index contributed by atoms with van der Waals surface area (Å²) in [4.78, 5) is 22.4. The number of nitrogens with one attached hydrogen (secondary N) is 1. The minimum absolute atomic E-state index is 0.0670. The molecule has 1 N–H and O–H groups in total. The standard InChI is InChI=1S/C18H18N4O2S2/c1-24-13-5-2-4-12(10-13)22-9-8-19-18(22)25-11-16(23)21-17-20-14-6-3-7-15(14)26-17/h2,4-5,8-10H,3,6-7,11H2,1H3,(H,20,21,23). The highest BCUT2D eigenvalue weighted by atomic mass is 32.2. The van der Waals surface area contributed by atoms with Crippen molar-refractivity contribution in [2.24, 2.45) is 0 Å². The lowest BCUT2D eigenvalue weighted by molar-refractivity contribution is -0.113. The van der Waals surface area contributed by atoms with Gasteiger partial charge in [-0.2, -0.15) is 0 Å². The number of hydrogen-bond donors (Lipinski definition) is 1. The molecule has 0 fully saturated rings. The Morgan fingerprint density at radius 1 is 1.42 bits per heavy atom. The maximum Gasteiger partial charge on any atom is 0.236 e. The zero-order valence-electron chi connectivity index (χ0n) is 14.3. The van der Waals surface area contributed by atoms with Crippen LogP contribution in [0.25, 0.3) is 5.69 Å². The van der Waals surface area contributed by atoms with E-state index in [0.717, 1.165) is 35.1 Å². The molecule has 0 spiro atoms. The van der Waals surface area contributed by atoms with E-state index >= 15 is 0 Å². The Bertz CT molecular complexity index is 913. The van der Waals surface area contributed by atoms with Gasteiger partial charge in [-0.05, 0) is 31.4 Å². The van der Waals surface area contributed by atoms with Gasteiger partial charge in [0.25, 0.3) is 0 Å². The third-order valence-corrected chi connectivity index (χ3v) is 6.15. The monoisotopic (exact) mass is 386 g/mol. The predicted molar refractivity (Wildman–Crippen MR) is 104 cm³/mol. The van der Waals surface area contributed by atoms with Crippen molar-refractivity contribution < 1.29 is 9.53 Å². The van der Waals surface area contributed by atoms with Gasteiger partial charge >= 0.3 is 0 Å². The normalized spacial score (nSPS) is 12.8. The lowest BCUT2D eigenvalue weighted by atomic mass is 10.3. The summed E-state index contributed by atoms with van der Waals surface area (Å²) in [6, 6.07) is 7.73. The van der Waals surface area contributed by atoms with Crippen LogP contribution in [0.5, 0.6) is 5.75 Å². The van der Waals surface area contributed by atoms with E-state index in [0.29, 0.717) is 5.13 Å². The minimum Gasteiger partial charge on any atom is -0.497 e. The van der Waals surface area contributed by atoms with Gasteiger partial charge in [0.1, 0.15) is 5.75 Å². The summed E-state index contributed by atoms with van der Waals surface area (Å²) in [5, 5.41) is 4.37. The number of thioether (sulfide) groups is 1. The van der Waals surface area contributed by atoms with Crippen molar-refractivity contribution in [3.05, 3.63) is 47.2 Å². The smallest absolute Gasteiger partial charge is 0.236 e. The second-order valence-electron chi connectivity index (χ2n) is 5.86. The Kier molecular flexibility index (Phi) is 4.94. The number of carbonyl (C=O) groups excluding carboxylic acids is 1. The molecular formula is C18H18N4O2S2. The van der Waals surface area contributed by atoms with E-state index in [2.05, 4.69) is 15.3 Å². The summed E-state index contributed by atoms with van der Waals surface area (Å²) in [6.07, 6.45) is 6.88. The van der Waals surface area contributed by atoms with Crippen LogP contribution in [0, 0.1) is 0 Å². The highest BCUT2D eigenvalue weighted by Gasteiger charge is 2.18. The van der Waals surface area contributed by atoms with Gasteiger partial charge in [0.05, 0.1) is 24.2 Å². The van der Waals surface area contributed by atoms with Crippen LogP contribution in [0.15, 0.2) is 41.8 Å². The van der Waals surface area contributed by atoms with Crippen molar-refractivity contribution in [3.8, 4) is 11.4 Å². The van der Waals surface area contributed by atoms with E-state index in [9.17, 15) is 4.79 Å². The second kappa shape index (κ2) is 7.51. The molecule has 2 aromatic heterocycles. The number of nitrogens with zero attached hydrogens (tertiary/aromatic N) is 3. The van der Waals surface area contributed by atoms with Crippen molar-refractivity contribution >= 4 is 34.1 Å². The van der Waals surface area contributed by atoms with E-state index in [1.807, 2.05) is 35.0 Å². The maximum atomic E-state index is 12.3. The summed E-state index contributed by atoms with van der Waals surface area (Å²) in [5.41, 5.74) is 2.09. The maximum absolute atomic E-state index is 12.3. The van der Waals surface area contributed by atoms with Crippen LogP contribution < -0.4 is 10.1 Å². The molecule has 1 amide bonds. The summed E-state index contributed by atoms with van der Waals surface area (Å²) >= 11 is 2.99. The molecule has 1 aliphatic carbocycles. The Balaban J connectivity index is 1.40. The number of imidazole rings is 1. The summed E-state index contributed by atoms with van der Waals surface area (Å²) in [5.74, 6) is 0.995. The Hall–Kier alpha value is -2.32. The lowest BCUT2D eigenvalue weighted by Gasteiger charge is -2.09. The minimum atomic E-state index is -0.0670. The highest BCUT2D eigenvalue weighted by Crippen LogP contribution is 2.30. The van der Waals surface area contributed by atoms with Crippen molar-refractivity contribution in [2.45, 2.75) is 24.4 Å². The number of amides is 1. The number of ether oxygens (including phenoxy) is 1. The first kappa shape index (κ1) is 17.1. The Morgan fingerprint density at radius 3 is 3.19 bits per heavy atom. The fourth-order valence-corrected chi connectivity index (χ4v) is 4.72. The van der Waals surface area contributed by atoms with E-state index in [1.165, 1.54) is 23.1 Å². The van der Waals surface area contributed by atoms with Crippen LogP contribution in [-0.4, -0.2) is 33.3 Å². The lowest BCUT2D eigenvalue weighted by Crippen LogP contribution is -2.14. The van der Waals surface area contributed by atoms with Gasteiger partial charge in [0, 0.05) is 23.3 Å². The number of methoxy groups -OCH3 is 1. The van der Waals surface area contributed by atoms with E-state index in [4.69, 9.17) is 4.74 Å². The van der Waals surface area contributed by atoms with Crippen molar-refractivity contribution in [3.63, 3.8) is 0 Å².